The van der Waals surface area contributed by atoms with Gasteiger partial charge in [0.2, 0.25) is 0 Å². The second kappa shape index (κ2) is 5.60. The number of rotatable bonds is 3. The van der Waals surface area contributed by atoms with Crippen molar-refractivity contribution in [2.45, 2.75) is 25.9 Å². The summed E-state index contributed by atoms with van der Waals surface area (Å²) in [6, 6.07) is 7.85. The summed E-state index contributed by atoms with van der Waals surface area (Å²) in [5.74, 6) is 0.786. The van der Waals surface area contributed by atoms with Gasteiger partial charge in [-0.25, -0.2) is 0 Å². The van der Waals surface area contributed by atoms with Gasteiger partial charge in [0.1, 0.15) is 5.75 Å². The number of hydrogen-bond acceptors (Lipinski definition) is 4. The van der Waals surface area contributed by atoms with Crippen molar-refractivity contribution in [3.05, 3.63) is 29.3 Å². The molecule has 19 heavy (non-hydrogen) atoms. The van der Waals surface area contributed by atoms with Gasteiger partial charge in [-0.2, -0.15) is 5.26 Å². The fraction of sp³-hybridized carbons (Fsp3) is 0.533. The predicted molar refractivity (Wildman–Crippen MR) is 70.8 cm³/mol. The summed E-state index contributed by atoms with van der Waals surface area (Å²) < 4.78 is 10.5. The summed E-state index contributed by atoms with van der Waals surface area (Å²) >= 11 is 0. The molecule has 0 saturated carbocycles. The molecule has 0 amide bonds. The van der Waals surface area contributed by atoms with Crippen molar-refractivity contribution >= 4 is 0 Å². The SMILES string of the molecule is COc1ccc(C(O)C2(C#N)CCOCC2)cc1C. The largest absolute Gasteiger partial charge is 0.496 e. The quantitative estimate of drug-likeness (QED) is 0.907. The van der Waals surface area contributed by atoms with E-state index < -0.39 is 11.5 Å². The molecule has 1 N–H and O–H groups in total. The lowest BCUT2D eigenvalue weighted by molar-refractivity contribution is -0.0310. The van der Waals surface area contributed by atoms with Crippen molar-refractivity contribution in [3.63, 3.8) is 0 Å². The van der Waals surface area contributed by atoms with Gasteiger partial charge in [0.25, 0.3) is 0 Å². The Morgan fingerprint density at radius 2 is 2.11 bits per heavy atom. The standard InChI is InChI=1S/C15H19NO3/c1-11-9-12(3-4-13(11)18-2)14(17)15(10-16)5-7-19-8-6-15/h3-4,9,14,17H,5-8H2,1-2H3. The normalized spacial score (nSPS) is 19.5. The minimum atomic E-state index is -0.786. The molecule has 0 bridgehead atoms. The minimum absolute atomic E-state index is 0.528. The van der Waals surface area contributed by atoms with Crippen molar-refractivity contribution in [3.8, 4) is 11.8 Å². The Hall–Kier alpha value is -1.57. The first-order valence-corrected chi connectivity index (χ1v) is 6.44. The highest BCUT2D eigenvalue weighted by Gasteiger charge is 2.40. The maximum Gasteiger partial charge on any atom is 0.121 e. The smallest absolute Gasteiger partial charge is 0.121 e. The number of benzene rings is 1. The van der Waals surface area contributed by atoms with Crippen LogP contribution in [-0.4, -0.2) is 25.4 Å². The summed E-state index contributed by atoms with van der Waals surface area (Å²) in [6.07, 6.45) is 0.344. The number of nitriles is 1. The monoisotopic (exact) mass is 261 g/mol. The Bertz CT molecular complexity index is 487. The van der Waals surface area contributed by atoms with E-state index in [1.807, 2.05) is 25.1 Å². The van der Waals surface area contributed by atoms with E-state index in [9.17, 15) is 10.4 Å². The topological polar surface area (TPSA) is 62.5 Å². The molecule has 1 aromatic rings. The van der Waals surface area contributed by atoms with Crippen LogP contribution in [0.5, 0.6) is 5.75 Å². The molecule has 4 nitrogen and oxygen atoms in total. The third kappa shape index (κ3) is 2.58. The fourth-order valence-corrected chi connectivity index (χ4v) is 2.57. The Morgan fingerprint density at radius 3 is 2.63 bits per heavy atom. The first-order chi connectivity index (χ1) is 9.13. The Balaban J connectivity index is 2.30. The van der Waals surface area contributed by atoms with E-state index >= 15 is 0 Å². The summed E-state index contributed by atoms with van der Waals surface area (Å²) in [5, 5.41) is 20.0. The van der Waals surface area contributed by atoms with E-state index in [0.717, 1.165) is 16.9 Å². The van der Waals surface area contributed by atoms with Crippen LogP contribution >= 0.6 is 0 Å². The molecule has 1 aliphatic rings. The van der Waals surface area contributed by atoms with Crippen LogP contribution < -0.4 is 4.74 Å². The Labute approximate surface area is 113 Å². The molecule has 1 atom stereocenters. The number of methoxy groups -OCH3 is 1. The molecule has 1 unspecified atom stereocenters. The van der Waals surface area contributed by atoms with Crippen LogP contribution in [-0.2, 0) is 4.74 Å². The number of hydrogen-bond donors (Lipinski definition) is 1. The maximum absolute atomic E-state index is 10.6. The molecule has 0 radical (unpaired) electrons. The molecule has 2 rings (SSSR count). The zero-order chi connectivity index (χ0) is 13.9. The van der Waals surface area contributed by atoms with Crippen LogP contribution in [0.1, 0.15) is 30.1 Å². The van der Waals surface area contributed by atoms with Gasteiger partial charge < -0.3 is 14.6 Å². The second-order valence-corrected chi connectivity index (χ2v) is 5.01. The van der Waals surface area contributed by atoms with E-state index in [-0.39, 0.29) is 0 Å². The Morgan fingerprint density at radius 1 is 1.42 bits per heavy atom. The van der Waals surface area contributed by atoms with Gasteiger partial charge in [0.05, 0.1) is 24.7 Å². The van der Waals surface area contributed by atoms with Crippen LogP contribution in [0.25, 0.3) is 0 Å². The number of aliphatic hydroxyl groups is 1. The highest BCUT2D eigenvalue weighted by Crippen LogP contribution is 2.42. The van der Waals surface area contributed by atoms with Gasteiger partial charge in [-0.15, -0.1) is 0 Å². The van der Waals surface area contributed by atoms with E-state index in [1.54, 1.807) is 7.11 Å². The molecule has 1 aliphatic heterocycles. The van der Waals surface area contributed by atoms with Crippen molar-refractivity contribution < 1.29 is 14.6 Å². The molecule has 102 valence electrons. The van der Waals surface area contributed by atoms with Crippen molar-refractivity contribution in [1.82, 2.24) is 0 Å². The highest BCUT2D eigenvalue weighted by molar-refractivity contribution is 5.38. The molecule has 0 aliphatic carbocycles. The van der Waals surface area contributed by atoms with Crippen molar-refractivity contribution in [2.24, 2.45) is 5.41 Å². The van der Waals surface area contributed by atoms with Crippen molar-refractivity contribution in [1.29, 1.82) is 5.26 Å². The lowest BCUT2D eigenvalue weighted by Crippen LogP contribution is -2.34. The molecule has 1 fully saturated rings. The van der Waals surface area contributed by atoms with Crippen LogP contribution in [0.2, 0.25) is 0 Å². The van der Waals surface area contributed by atoms with E-state index in [4.69, 9.17) is 9.47 Å². The Kier molecular flexibility index (Phi) is 4.08. The first kappa shape index (κ1) is 13.9. The van der Waals surface area contributed by atoms with Crippen LogP contribution in [0.3, 0.4) is 0 Å². The third-order valence-electron chi connectivity index (χ3n) is 3.87. The van der Waals surface area contributed by atoms with E-state index in [1.165, 1.54) is 0 Å². The van der Waals surface area contributed by atoms with E-state index in [2.05, 4.69) is 6.07 Å². The van der Waals surface area contributed by atoms with Gasteiger partial charge in [-0.3, -0.25) is 0 Å². The molecule has 1 heterocycles. The summed E-state index contributed by atoms with van der Waals surface area (Å²) in [6.45, 7) is 2.98. The van der Waals surface area contributed by atoms with Crippen LogP contribution in [0, 0.1) is 23.7 Å². The lowest BCUT2D eigenvalue weighted by atomic mass is 9.74. The molecule has 1 aromatic carbocycles. The zero-order valence-corrected chi connectivity index (χ0v) is 11.3. The number of nitrogens with zero attached hydrogens (tertiary/aromatic N) is 1. The molecule has 4 heteroatoms. The number of ether oxygens (including phenoxy) is 2. The second-order valence-electron chi connectivity index (χ2n) is 5.01. The zero-order valence-electron chi connectivity index (χ0n) is 11.3. The average molecular weight is 261 g/mol. The van der Waals surface area contributed by atoms with Gasteiger partial charge in [-0.1, -0.05) is 6.07 Å². The van der Waals surface area contributed by atoms with Gasteiger partial charge >= 0.3 is 0 Å². The van der Waals surface area contributed by atoms with Gasteiger partial charge in [0, 0.05) is 13.2 Å². The summed E-state index contributed by atoms with van der Waals surface area (Å²) in [4.78, 5) is 0. The van der Waals surface area contributed by atoms with Gasteiger partial charge in [0.15, 0.2) is 0 Å². The van der Waals surface area contributed by atoms with E-state index in [0.29, 0.717) is 26.1 Å². The van der Waals surface area contributed by atoms with Crippen LogP contribution in [0.15, 0.2) is 18.2 Å². The number of aryl methyl sites for hydroxylation is 1. The van der Waals surface area contributed by atoms with Crippen LogP contribution in [0.4, 0.5) is 0 Å². The molecular weight excluding hydrogens is 242 g/mol. The third-order valence-corrected chi connectivity index (χ3v) is 3.87. The highest BCUT2D eigenvalue weighted by atomic mass is 16.5. The fourth-order valence-electron chi connectivity index (χ4n) is 2.57. The van der Waals surface area contributed by atoms with Crippen molar-refractivity contribution in [2.75, 3.05) is 20.3 Å². The molecular formula is C15H19NO3. The molecule has 0 aromatic heterocycles. The summed E-state index contributed by atoms with van der Waals surface area (Å²) in [5.41, 5.74) is 0.986. The van der Waals surface area contributed by atoms with Gasteiger partial charge in [-0.05, 0) is 43.0 Å². The average Bonchev–Trinajstić information content (AvgIpc) is 2.47. The molecule has 0 spiro atoms. The first-order valence-electron chi connectivity index (χ1n) is 6.44. The summed E-state index contributed by atoms with van der Waals surface area (Å²) in [7, 11) is 1.62. The minimum Gasteiger partial charge on any atom is -0.496 e. The lowest BCUT2D eigenvalue weighted by Gasteiger charge is -2.35. The number of aliphatic hydroxyl groups excluding tert-OH is 1. The predicted octanol–water partition coefficient (Wildman–Crippen LogP) is 2.36. The molecule has 1 saturated heterocycles. The maximum atomic E-state index is 10.6.